The fourth-order valence-corrected chi connectivity index (χ4v) is 1.40. The standard InChI is InChI=1S/C12H17F3N2/c1-8(2)17-4-3-16-7-10-11(14)5-9(13)6-12(10)15/h5-6,8,16-17H,3-4,7H2,1-2H3. The van der Waals surface area contributed by atoms with Crippen LogP contribution in [-0.2, 0) is 6.54 Å². The Bertz CT molecular complexity index is 344. The van der Waals surface area contributed by atoms with Gasteiger partial charge in [0.25, 0.3) is 0 Å². The zero-order valence-corrected chi connectivity index (χ0v) is 9.99. The van der Waals surface area contributed by atoms with Crippen molar-refractivity contribution in [3.63, 3.8) is 0 Å². The number of nitrogens with one attached hydrogen (secondary N) is 2. The van der Waals surface area contributed by atoms with Crippen LogP contribution in [0.1, 0.15) is 19.4 Å². The quantitative estimate of drug-likeness (QED) is 0.752. The zero-order valence-electron chi connectivity index (χ0n) is 9.99. The molecule has 2 nitrogen and oxygen atoms in total. The molecule has 0 aliphatic rings. The molecule has 0 aromatic heterocycles. The van der Waals surface area contributed by atoms with Gasteiger partial charge in [0.15, 0.2) is 0 Å². The lowest BCUT2D eigenvalue weighted by Crippen LogP contribution is -2.31. The van der Waals surface area contributed by atoms with Gasteiger partial charge in [-0.3, -0.25) is 0 Å². The third-order valence-electron chi connectivity index (χ3n) is 2.26. The molecule has 0 radical (unpaired) electrons. The predicted molar refractivity (Wildman–Crippen MR) is 61.2 cm³/mol. The monoisotopic (exact) mass is 246 g/mol. The summed E-state index contributed by atoms with van der Waals surface area (Å²) >= 11 is 0. The molecule has 96 valence electrons. The number of benzene rings is 1. The van der Waals surface area contributed by atoms with Gasteiger partial charge in [0.1, 0.15) is 17.5 Å². The number of rotatable bonds is 6. The van der Waals surface area contributed by atoms with E-state index in [-0.39, 0.29) is 12.1 Å². The van der Waals surface area contributed by atoms with E-state index in [0.29, 0.717) is 31.3 Å². The first-order valence-electron chi connectivity index (χ1n) is 5.58. The molecule has 1 rings (SSSR count). The fraction of sp³-hybridized carbons (Fsp3) is 0.500. The van der Waals surface area contributed by atoms with E-state index in [2.05, 4.69) is 10.6 Å². The van der Waals surface area contributed by atoms with E-state index in [4.69, 9.17) is 0 Å². The van der Waals surface area contributed by atoms with Crippen molar-refractivity contribution in [3.05, 3.63) is 35.1 Å². The molecule has 0 fully saturated rings. The van der Waals surface area contributed by atoms with Gasteiger partial charge in [-0.2, -0.15) is 0 Å². The normalized spacial score (nSPS) is 11.2. The van der Waals surface area contributed by atoms with Gasteiger partial charge in [-0.05, 0) is 0 Å². The molecule has 0 saturated carbocycles. The van der Waals surface area contributed by atoms with E-state index < -0.39 is 17.5 Å². The maximum absolute atomic E-state index is 13.2. The molecule has 0 amide bonds. The van der Waals surface area contributed by atoms with Gasteiger partial charge in [0.2, 0.25) is 0 Å². The van der Waals surface area contributed by atoms with Crippen molar-refractivity contribution in [1.82, 2.24) is 10.6 Å². The minimum Gasteiger partial charge on any atom is -0.313 e. The van der Waals surface area contributed by atoms with Crippen molar-refractivity contribution in [2.24, 2.45) is 0 Å². The van der Waals surface area contributed by atoms with Crippen LogP contribution in [0.5, 0.6) is 0 Å². The second kappa shape index (κ2) is 6.61. The van der Waals surface area contributed by atoms with Crippen molar-refractivity contribution in [3.8, 4) is 0 Å². The van der Waals surface area contributed by atoms with Gasteiger partial charge in [-0.25, -0.2) is 13.2 Å². The topological polar surface area (TPSA) is 24.1 Å². The number of hydrogen-bond donors (Lipinski definition) is 2. The first-order valence-corrected chi connectivity index (χ1v) is 5.58. The van der Waals surface area contributed by atoms with E-state index in [0.717, 1.165) is 0 Å². The Hall–Kier alpha value is -1.07. The van der Waals surface area contributed by atoms with E-state index in [1.54, 1.807) is 0 Å². The van der Waals surface area contributed by atoms with Crippen LogP contribution in [0.3, 0.4) is 0 Å². The van der Waals surface area contributed by atoms with Crippen molar-refractivity contribution in [1.29, 1.82) is 0 Å². The molecular formula is C12H17F3N2. The highest BCUT2D eigenvalue weighted by atomic mass is 19.1. The van der Waals surface area contributed by atoms with Gasteiger partial charge in [-0.15, -0.1) is 0 Å². The van der Waals surface area contributed by atoms with E-state index in [1.807, 2.05) is 13.8 Å². The molecule has 0 saturated heterocycles. The highest BCUT2D eigenvalue weighted by Crippen LogP contribution is 2.14. The molecule has 0 atom stereocenters. The largest absolute Gasteiger partial charge is 0.313 e. The smallest absolute Gasteiger partial charge is 0.133 e. The summed E-state index contributed by atoms with van der Waals surface area (Å²) < 4.78 is 39.1. The maximum Gasteiger partial charge on any atom is 0.133 e. The third-order valence-corrected chi connectivity index (χ3v) is 2.26. The summed E-state index contributed by atoms with van der Waals surface area (Å²) in [7, 11) is 0. The van der Waals surface area contributed by atoms with Crippen molar-refractivity contribution in [2.45, 2.75) is 26.4 Å². The molecular weight excluding hydrogens is 229 g/mol. The van der Waals surface area contributed by atoms with Crippen LogP contribution in [0.2, 0.25) is 0 Å². The Balaban J connectivity index is 2.42. The summed E-state index contributed by atoms with van der Waals surface area (Å²) in [5.41, 5.74) is -0.129. The molecule has 0 spiro atoms. The van der Waals surface area contributed by atoms with Crippen molar-refractivity contribution in [2.75, 3.05) is 13.1 Å². The Kier molecular flexibility index (Phi) is 5.44. The predicted octanol–water partition coefficient (Wildman–Crippen LogP) is 2.19. The number of hydrogen-bond acceptors (Lipinski definition) is 2. The third kappa shape index (κ3) is 4.75. The SMILES string of the molecule is CC(C)NCCNCc1c(F)cc(F)cc1F. The van der Waals surface area contributed by atoms with Crippen LogP contribution in [0.25, 0.3) is 0 Å². The summed E-state index contributed by atoms with van der Waals surface area (Å²) in [5, 5.41) is 6.05. The first kappa shape index (κ1) is 14.0. The zero-order chi connectivity index (χ0) is 12.8. The van der Waals surface area contributed by atoms with Crippen molar-refractivity contribution < 1.29 is 13.2 Å². The molecule has 17 heavy (non-hydrogen) atoms. The van der Waals surface area contributed by atoms with Crippen LogP contribution >= 0.6 is 0 Å². The summed E-state index contributed by atoms with van der Waals surface area (Å²) in [4.78, 5) is 0. The molecule has 0 aliphatic heterocycles. The Morgan fingerprint density at radius 3 is 2.18 bits per heavy atom. The van der Waals surface area contributed by atoms with Gasteiger partial charge in [-0.1, -0.05) is 13.8 Å². The average Bonchev–Trinajstić information content (AvgIpc) is 2.20. The van der Waals surface area contributed by atoms with Gasteiger partial charge in [0.05, 0.1) is 0 Å². The van der Waals surface area contributed by atoms with Gasteiger partial charge < -0.3 is 10.6 Å². The molecule has 1 aromatic rings. The van der Waals surface area contributed by atoms with Gasteiger partial charge >= 0.3 is 0 Å². The fourth-order valence-electron chi connectivity index (χ4n) is 1.40. The lowest BCUT2D eigenvalue weighted by atomic mass is 10.2. The Morgan fingerprint density at radius 2 is 1.65 bits per heavy atom. The van der Waals surface area contributed by atoms with Crippen molar-refractivity contribution >= 4 is 0 Å². The minimum absolute atomic E-state index is 0.0533. The lowest BCUT2D eigenvalue weighted by molar-refractivity contribution is 0.502. The van der Waals surface area contributed by atoms with Crippen LogP contribution in [0.4, 0.5) is 13.2 Å². The minimum atomic E-state index is -0.898. The summed E-state index contributed by atoms with van der Waals surface area (Å²) in [6, 6.07) is 1.75. The molecule has 0 heterocycles. The highest BCUT2D eigenvalue weighted by molar-refractivity contribution is 5.20. The van der Waals surface area contributed by atoms with Gasteiger partial charge in [0, 0.05) is 43.4 Å². The second-order valence-electron chi connectivity index (χ2n) is 4.13. The molecule has 0 aliphatic carbocycles. The molecule has 0 bridgehead atoms. The van der Waals surface area contributed by atoms with Crippen LogP contribution in [0, 0.1) is 17.5 Å². The molecule has 2 N–H and O–H groups in total. The average molecular weight is 246 g/mol. The summed E-state index contributed by atoms with van der Waals surface area (Å²) in [6.45, 7) is 5.38. The van der Waals surface area contributed by atoms with E-state index in [1.165, 1.54) is 0 Å². The Morgan fingerprint density at radius 1 is 1.06 bits per heavy atom. The highest BCUT2D eigenvalue weighted by Gasteiger charge is 2.10. The van der Waals surface area contributed by atoms with Crippen LogP contribution < -0.4 is 10.6 Å². The first-order chi connectivity index (χ1) is 8.00. The second-order valence-corrected chi connectivity index (χ2v) is 4.13. The summed E-state index contributed by atoms with van der Waals surface area (Å²) in [5.74, 6) is -2.61. The molecule has 5 heteroatoms. The summed E-state index contributed by atoms with van der Waals surface area (Å²) in [6.07, 6.45) is 0. The van der Waals surface area contributed by atoms with E-state index in [9.17, 15) is 13.2 Å². The lowest BCUT2D eigenvalue weighted by Gasteiger charge is -2.10. The van der Waals surface area contributed by atoms with Crippen LogP contribution in [-0.4, -0.2) is 19.1 Å². The number of halogens is 3. The molecule has 1 aromatic carbocycles. The maximum atomic E-state index is 13.2. The Labute approximate surface area is 99.2 Å². The molecule has 0 unspecified atom stereocenters. The van der Waals surface area contributed by atoms with Crippen LogP contribution in [0.15, 0.2) is 12.1 Å². The van der Waals surface area contributed by atoms with E-state index >= 15 is 0 Å².